The van der Waals surface area contributed by atoms with Crippen molar-refractivity contribution in [1.29, 1.82) is 5.26 Å². The van der Waals surface area contributed by atoms with Gasteiger partial charge in [0.1, 0.15) is 17.5 Å². The minimum atomic E-state index is -0.761. The van der Waals surface area contributed by atoms with Crippen LogP contribution in [0.25, 0.3) is 6.08 Å². The molecule has 3 aromatic rings. The molecular weight excluding hydrogens is 447 g/mol. The van der Waals surface area contributed by atoms with Gasteiger partial charge in [0.15, 0.2) is 11.5 Å². The second-order valence-corrected chi connectivity index (χ2v) is 7.27. The van der Waals surface area contributed by atoms with E-state index >= 15 is 0 Å². The number of nitrogens with zero attached hydrogens (tertiary/aromatic N) is 1. The van der Waals surface area contributed by atoms with Gasteiger partial charge in [0.2, 0.25) is 0 Å². The van der Waals surface area contributed by atoms with E-state index in [1.165, 1.54) is 43.5 Å². The van der Waals surface area contributed by atoms with Crippen LogP contribution >= 0.6 is 11.6 Å². The number of methoxy groups -OCH3 is 1. The summed E-state index contributed by atoms with van der Waals surface area (Å²) in [4.78, 5) is 24.9. The van der Waals surface area contributed by atoms with Gasteiger partial charge in [0.25, 0.3) is 5.91 Å². The van der Waals surface area contributed by atoms with Gasteiger partial charge < -0.3 is 14.8 Å². The van der Waals surface area contributed by atoms with Crippen LogP contribution in [0, 0.1) is 24.1 Å². The second kappa shape index (κ2) is 10.4. The summed E-state index contributed by atoms with van der Waals surface area (Å²) < 4.78 is 23.9. The number of anilines is 1. The third kappa shape index (κ3) is 5.76. The number of carbonyl (C=O) groups is 2. The van der Waals surface area contributed by atoms with Crippen LogP contribution in [0.4, 0.5) is 10.1 Å². The maximum absolute atomic E-state index is 13.4. The van der Waals surface area contributed by atoms with Gasteiger partial charge in [-0.3, -0.25) is 4.79 Å². The Morgan fingerprint density at radius 3 is 2.52 bits per heavy atom. The number of benzene rings is 3. The van der Waals surface area contributed by atoms with E-state index in [0.717, 1.165) is 11.6 Å². The van der Waals surface area contributed by atoms with Crippen molar-refractivity contribution in [3.8, 4) is 17.6 Å². The molecule has 1 amide bonds. The van der Waals surface area contributed by atoms with Gasteiger partial charge in [-0.05, 0) is 60.5 Å². The fourth-order valence-corrected chi connectivity index (χ4v) is 3.19. The van der Waals surface area contributed by atoms with E-state index in [2.05, 4.69) is 5.32 Å². The Labute approximate surface area is 194 Å². The SMILES string of the molecule is COc1cc(/C=C(\C#N)C(=O)Nc2c(C)cccc2Cl)ccc1OC(=O)c1cccc(F)c1. The third-order valence-electron chi connectivity index (χ3n) is 4.59. The first-order valence-corrected chi connectivity index (χ1v) is 10.0. The van der Waals surface area contributed by atoms with E-state index in [9.17, 15) is 19.2 Å². The summed E-state index contributed by atoms with van der Waals surface area (Å²) in [7, 11) is 1.38. The molecule has 1 N–H and O–H groups in total. The molecule has 33 heavy (non-hydrogen) atoms. The Balaban J connectivity index is 1.83. The quantitative estimate of drug-likeness (QED) is 0.223. The summed E-state index contributed by atoms with van der Waals surface area (Å²) in [6, 6.07) is 16.6. The molecule has 166 valence electrons. The van der Waals surface area contributed by atoms with Crippen molar-refractivity contribution in [3.63, 3.8) is 0 Å². The second-order valence-electron chi connectivity index (χ2n) is 6.87. The average molecular weight is 465 g/mol. The molecule has 0 aliphatic rings. The first-order chi connectivity index (χ1) is 15.8. The zero-order chi connectivity index (χ0) is 24.0. The standard InChI is InChI=1S/C25H18ClFN2O4/c1-15-5-3-8-20(26)23(15)29-24(30)18(14-28)11-16-9-10-21(22(12-16)32-2)33-25(31)17-6-4-7-19(27)13-17/h3-13H,1-2H3,(H,29,30)/b18-11+. The van der Waals surface area contributed by atoms with Crippen molar-refractivity contribution in [2.24, 2.45) is 0 Å². The number of carbonyl (C=O) groups excluding carboxylic acids is 2. The Bertz CT molecular complexity index is 1280. The van der Waals surface area contributed by atoms with E-state index in [1.807, 2.05) is 6.07 Å². The number of amides is 1. The predicted molar refractivity (Wildman–Crippen MR) is 123 cm³/mol. The van der Waals surface area contributed by atoms with Gasteiger partial charge in [0.05, 0.1) is 23.4 Å². The van der Waals surface area contributed by atoms with Gasteiger partial charge in [-0.25, -0.2) is 9.18 Å². The monoisotopic (exact) mass is 464 g/mol. The zero-order valence-corrected chi connectivity index (χ0v) is 18.4. The molecule has 0 unspecified atom stereocenters. The van der Waals surface area contributed by atoms with Gasteiger partial charge in [-0.1, -0.05) is 35.9 Å². The molecule has 3 rings (SSSR count). The lowest BCUT2D eigenvalue weighted by molar-refractivity contribution is -0.112. The molecular formula is C25H18ClFN2O4. The number of ether oxygens (including phenoxy) is 2. The summed E-state index contributed by atoms with van der Waals surface area (Å²) in [5, 5.41) is 12.5. The van der Waals surface area contributed by atoms with Crippen molar-refractivity contribution >= 4 is 35.2 Å². The molecule has 0 heterocycles. The molecule has 6 nitrogen and oxygen atoms in total. The van der Waals surface area contributed by atoms with Crippen LogP contribution in [0.2, 0.25) is 5.02 Å². The van der Waals surface area contributed by atoms with Crippen LogP contribution in [0.5, 0.6) is 11.5 Å². The Morgan fingerprint density at radius 1 is 1.09 bits per heavy atom. The number of nitrogens with one attached hydrogen (secondary N) is 1. The smallest absolute Gasteiger partial charge is 0.343 e. The third-order valence-corrected chi connectivity index (χ3v) is 4.90. The van der Waals surface area contributed by atoms with E-state index in [1.54, 1.807) is 31.2 Å². The maximum Gasteiger partial charge on any atom is 0.343 e. The van der Waals surface area contributed by atoms with Crippen molar-refractivity contribution in [2.45, 2.75) is 6.92 Å². The number of esters is 1. The first-order valence-electron chi connectivity index (χ1n) is 9.66. The van der Waals surface area contributed by atoms with Crippen LogP contribution in [-0.4, -0.2) is 19.0 Å². The molecule has 0 aliphatic heterocycles. The van der Waals surface area contributed by atoms with Crippen LogP contribution < -0.4 is 14.8 Å². The highest BCUT2D eigenvalue weighted by molar-refractivity contribution is 6.34. The average Bonchev–Trinajstić information content (AvgIpc) is 2.80. The molecule has 0 fully saturated rings. The van der Waals surface area contributed by atoms with E-state index in [-0.39, 0.29) is 22.6 Å². The molecule has 0 aromatic heterocycles. The predicted octanol–water partition coefficient (Wildman–Crippen LogP) is 5.56. The van der Waals surface area contributed by atoms with Crippen LogP contribution in [0.1, 0.15) is 21.5 Å². The van der Waals surface area contributed by atoms with Crippen molar-refractivity contribution in [3.05, 3.63) is 93.8 Å². The number of rotatable bonds is 6. The van der Waals surface area contributed by atoms with Crippen molar-refractivity contribution < 1.29 is 23.5 Å². The molecule has 0 atom stereocenters. The Hall–Kier alpha value is -4.15. The number of nitriles is 1. The highest BCUT2D eigenvalue weighted by Crippen LogP contribution is 2.30. The number of para-hydroxylation sites is 1. The first kappa shape index (κ1) is 23.5. The molecule has 0 saturated carbocycles. The summed E-state index contributed by atoms with van der Waals surface area (Å²) in [6.45, 7) is 1.78. The molecule has 0 saturated heterocycles. The molecule has 0 radical (unpaired) electrons. The number of hydrogen-bond acceptors (Lipinski definition) is 5. The topological polar surface area (TPSA) is 88.4 Å². The van der Waals surface area contributed by atoms with Gasteiger partial charge in [-0.15, -0.1) is 0 Å². The van der Waals surface area contributed by atoms with Crippen molar-refractivity contribution in [1.82, 2.24) is 0 Å². The van der Waals surface area contributed by atoms with E-state index in [4.69, 9.17) is 21.1 Å². The summed E-state index contributed by atoms with van der Waals surface area (Å²) in [5.41, 5.74) is 1.50. The minimum Gasteiger partial charge on any atom is -0.493 e. The molecule has 3 aromatic carbocycles. The molecule has 0 aliphatic carbocycles. The highest BCUT2D eigenvalue weighted by Gasteiger charge is 2.16. The van der Waals surface area contributed by atoms with E-state index < -0.39 is 17.7 Å². The Morgan fingerprint density at radius 2 is 1.85 bits per heavy atom. The van der Waals surface area contributed by atoms with E-state index in [0.29, 0.717) is 16.3 Å². The van der Waals surface area contributed by atoms with Gasteiger partial charge >= 0.3 is 5.97 Å². The summed E-state index contributed by atoms with van der Waals surface area (Å²) in [5.74, 6) is -1.67. The largest absolute Gasteiger partial charge is 0.493 e. The van der Waals surface area contributed by atoms with Crippen molar-refractivity contribution in [2.75, 3.05) is 12.4 Å². The summed E-state index contributed by atoms with van der Waals surface area (Å²) in [6.07, 6.45) is 1.36. The zero-order valence-electron chi connectivity index (χ0n) is 17.7. The molecule has 8 heteroatoms. The van der Waals surface area contributed by atoms with Crippen LogP contribution in [0.15, 0.2) is 66.2 Å². The maximum atomic E-state index is 13.4. The highest BCUT2D eigenvalue weighted by atomic mass is 35.5. The molecule has 0 bridgehead atoms. The Kier molecular flexibility index (Phi) is 7.44. The number of halogens is 2. The number of aryl methyl sites for hydroxylation is 1. The summed E-state index contributed by atoms with van der Waals surface area (Å²) >= 11 is 6.14. The van der Waals surface area contributed by atoms with Crippen LogP contribution in [-0.2, 0) is 4.79 Å². The fraction of sp³-hybridized carbons (Fsp3) is 0.0800. The number of hydrogen-bond donors (Lipinski definition) is 1. The lowest BCUT2D eigenvalue weighted by Crippen LogP contribution is -2.14. The fourth-order valence-electron chi connectivity index (χ4n) is 2.92. The lowest BCUT2D eigenvalue weighted by Gasteiger charge is -2.11. The molecule has 0 spiro atoms. The normalized spacial score (nSPS) is 10.8. The van der Waals surface area contributed by atoms with Gasteiger partial charge in [-0.2, -0.15) is 5.26 Å². The minimum absolute atomic E-state index is 0.0410. The van der Waals surface area contributed by atoms with Gasteiger partial charge in [0, 0.05) is 0 Å². The van der Waals surface area contributed by atoms with Crippen LogP contribution in [0.3, 0.4) is 0 Å². The lowest BCUT2D eigenvalue weighted by atomic mass is 10.1.